The van der Waals surface area contributed by atoms with Crippen LogP contribution in [-0.2, 0) is 11.0 Å². The van der Waals surface area contributed by atoms with E-state index in [-0.39, 0.29) is 17.5 Å². The number of rotatable bonds is 4. The van der Waals surface area contributed by atoms with Gasteiger partial charge in [-0.2, -0.15) is 13.2 Å². The SMILES string of the molecule is CN(C)c1ccc(C(F)(F)F)cc1NC(=O)C1CCCN(c2ncccn2)C1. The summed E-state index contributed by atoms with van der Waals surface area (Å²) in [7, 11) is 3.43. The van der Waals surface area contributed by atoms with Gasteiger partial charge in [0, 0.05) is 39.6 Å². The van der Waals surface area contributed by atoms with Crippen LogP contribution in [-0.4, -0.2) is 43.1 Å². The van der Waals surface area contributed by atoms with E-state index in [1.54, 1.807) is 37.5 Å². The Labute approximate surface area is 161 Å². The van der Waals surface area contributed by atoms with Crippen molar-refractivity contribution in [2.75, 3.05) is 42.3 Å². The lowest BCUT2D eigenvalue weighted by Crippen LogP contribution is -2.41. The van der Waals surface area contributed by atoms with Crippen LogP contribution in [0.1, 0.15) is 18.4 Å². The van der Waals surface area contributed by atoms with Gasteiger partial charge in [0.25, 0.3) is 0 Å². The number of carbonyl (C=O) groups excluding carboxylic acids is 1. The number of benzene rings is 1. The monoisotopic (exact) mass is 393 g/mol. The Morgan fingerprint density at radius 2 is 1.96 bits per heavy atom. The average Bonchev–Trinajstić information content (AvgIpc) is 2.68. The van der Waals surface area contributed by atoms with Crippen LogP contribution in [0, 0.1) is 5.92 Å². The zero-order chi connectivity index (χ0) is 20.3. The van der Waals surface area contributed by atoms with Crippen molar-refractivity contribution in [2.24, 2.45) is 5.92 Å². The molecule has 0 radical (unpaired) electrons. The molecule has 1 unspecified atom stereocenters. The number of hydrogen-bond donors (Lipinski definition) is 1. The first kappa shape index (κ1) is 19.9. The third kappa shape index (κ3) is 4.52. The van der Waals surface area contributed by atoms with E-state index in [1.165, 1.54) is 6.07 Å². The fourth-order valence-electron chi connectivity index (χ4n) is 3.26. The lowest BCUT2D eigenvalue weighted by atomic mass is 9.97. The van der Waals surface area contributed by atoms with Crippen LogP contribution in [0.3, 0.4) is 0 Å². The van der Waals surface area contributed by atoms with Crippen molar-refractivity contribution in [1.29, 1.82) is 0 Å². The molecule has 1 atom stereocenters. The quantitative estimate of drug-likeness (QED) is 0.863. The summed E-state index contributed by atoms with van der Waals surface area (Å²) in [5.41, 5.74) is -0.130. The minimum absolute atomic E-state index is 0.151. The van der Waals surface area contributed by atoms with E-state index >= 15 is 0 Å². The highest BCUT2D eigenvalue weighted by Crippen LogP contribution is 2.35. The van der Waals surface area contributed by atoms with Crippen molar-refractivity contribution in [3.05, 3.63) is 42.2 Å². The zero-order valence-corrected chi connectivity index (χ0v) is 15.7. The molecule has 6 nitrogen and oxygen atoms in total. The minimum Gasteiger partial charge on any atom is -0.376 e. The molecule has 1 aliphatic rings. The van der Waals surface area contributed by atoms with Crippen LogP contribution >= 0.6 is 0 Å². The van der Waals surface area contributed by atoms with E-state index in [2.05, 4.69) is 15.3 Å². The smallest absolute Gasteiger partial charge is 0.376 e. The maximum Gasteiger partial charge on any atom is 0.416 e. The van der Waals surface area contributed by atoms with Gasteiger partial charge in [0.05, 0.1) is 22.9 Å². The number of alkyl halides is 3. The van der Waals surface area contributed by atoms with E-state index in [0.717, 1.165) is 25.1 Å². The van der Waals surface area contributed by atoms with Crippen molar-refractivity contribution in [1.82, 2.24) is 9.97 Å². The molecule has 1 saturated heterocycles. The van der Waals surface area contributed by atoms with Crippen molar-refractivity contribution < 1.29 is 18.0 Å². The van der Waals surface area contributed by atoms with Crippen molar-refractivity contribution in [2.45, 2.75) is 19.0 Å². The van der Waals surface area contributed by atoms with Crippen LogP contribution in [0.15, 0.2) is 36.7 Å². The standard InChI is InChI=1S/C19H22F3N5O/c1-26(2)16-7-6-14(19(20,21)22)11-15(16)25-17(28)13-5-3-10-27(12-13)18-23-8-4-9-24-18/h4,6-9,11,13H,3,5,10,12H2,1-2H3,(H,25,28). The fraction of sp³-hybridized carbons (Fsp3) is 0.421. The number of carbonyl (C=O) groups is 1. The maximum atomic E-state index is 13.1. The van der Waals surface area contributed by atoms with Gasteiger partial charge in [-0.05, 0) is 37.1 Å². The van der Waals surface area contributed by atoms with Gasteiger partial charge in [0.2, 0.25) is 11.9 Å². The fourth-order valence-corrected chi connectivity index (χ4v) is 3.26. The zero-order valence-electron chi connectivity index (χ0n) is 15.7. The summed E-state index contributed by atoms with van der Waals surface area (Å²) in [5, 5.41) is 2.70. The van der Waals surface area contributed by atoms with E-state index in [4.69, 9.17) is 0 Å². The van der Waals surface area contributed by atoms with E-state index < -0.39 is 11.7 Å². The molecule has 1 amide bonds. The number of piperidine rings is 1. The second kappa shape index (κ2) is 8.04. The molecule has 1 aromatic carbocycles. The summed E-state index contributed by atoms with van der Waals surface area (Å²) >= 11 is 0. The number of hydrogen-bond acceptors (Lipinski definition) is 5. The molecule has 0 saturated carbocycles. The van der Waals surface area contributed by atoms with Crippen LogP contribution in [0.5, 0.6) is 0 Å². The Hall–Kier alpha value is -2.84. The van der Waals surface area contributed by atoms with Gasteiger partial charge >= 0.3 is 6.18 Å². The molecule has 0 aliphatic carbocycles. The topological polar surface area (TPSA) is 61.4 Å². The average molecular weight is 393 g/mol. The highest BCUT2D eigenvalue weighted by atomic mass is 19.4. The predicted octanol–water partition coefficient (Wildman–Crippen LogP) is 3.42. The molecule has 2 heterocycles. The van der Waals surface area contributed by atoms with Gasteiger partial charge < -0.3 is 15.1 Å². The molecule has 1 N–H and O–H groups in total. The summed E-state index contributed by atoms with van der Waals surface area (Å²) in [6.07, 6.45) is 0.234. The molecule has 1 aromatic heterocycles. The maximum absolute atomic E-state index is 13.1. The number of halogens is 3. The van der Waals surface area contributed by atoms with Gasteiger partial charge in [-0.3, -0.25) is 4.79 Å². The predicted molar refractivity (Wildman–Crippen MR) is 101 cm³/mol. The Morgan fingerprint density at radius 3 is 2.61 bits per heavy atom. The minimum atomic E-state index is -4.48. The Bertz CT molecular complexity index is 826. The second-order valence-electron chi connectivity index (χ2n) is 6.95. The van der Waals surface area contributed by atoms with E-state index in [1.807, 2.05) is 4.90 Å². The first-order valence-corrected chi connectivity index (χ1v) is 8.97. The molecule has 0 bridgehead atoms. The molecular formula is C19H22F3N5O. The lowest BCUT2D eigenvalue weighted by molar-refractivity contribution is -0.137. The highest BCUT2D eigenvalue weighted by Gasteiger charge is 2.32. The third-order valence-corrected chi connectivity index (χ3v) is 4.69. The van der Waals surface area contributed by atoms with Crippen molar-refractivity contribution >= 4 is 23.2 Å². The Balaban J connectivity index is 1.78. The molecule has 1 aliphatic heterocycles. The van der Waals surface area contributed by atoms with E-state index in [9.17, 15) is 18.0 Å². The summed E-state index contributed by atoms with van der Waals surface area (Å²) < 4.78 is 39.3. The molecule has 28 heavy (non-hydrogen) atoms. The highest BCUT2D eigenvalue weighted by molar-refractivity contribution is 5.96. The first-order valence-electron chi connectivity index (χ1n) is 8.97. The number of aromatic nitrogens is 2. The molecule has 9 heteroatoms. The second-order valence-corrected chi connectivity index (χ2v) is 6.95. The van der Waals surface area contributed by atoms with Gasteiger partial charge in [-0.25, -0.2) is 9.97 Å². The molecule has 3 rings (SSSR count). The van der Waals surface area contributed by atoms with Gasteiger partial charge in [-0.1, -0.05) is 0 Å². The normalized spacial score (nSPS) is 17.3. The summed E-state index contributed by atoms with van der Waals surface area (Å²) in [5.74, 6) is -0.113. The van der Waals surface area contributed by atoms with Crippen LogP contribution in [0.2, 0.25) is 0 Å². The lowest BCUT2D eigenvalue weighted by Gasteiger charge is -2.32. The largest absolute Gasteiger partial charge is 0.416 e. The van der Waals surface area contributed by atoms with Crippen LogP contribution in [0.25, 0.3) is 0 Å². The third-order valence-electron chi connectivity index (χ3n) is 4.69. The van der Waals surface area contributed by atoms with Crippen LogP contribution in [0.4, 0.5) is 30.5 Å². The number of nitrogens with zero attached hydrogens (tertiary/aromatic N) is 4. The number of amides is 1. The summed E-state index contributed by atoms with van der Waals surface area (Å²) in [4.78, 5) is 24.8. The summed E-state index contributed by atoms with van der Waals surface area (Å²) in [6, 6.07) is 5.08. The molecule has 1 fully saturated rings. The molecule has 0 spiro atoms. The van der Waals surface area contributed by atoms with Crippen molar-refractivity contribution in [3.63, 3.8) is 0 Å². The molecule has 150 valence electrons. The van der Waals surface area contributed by atoms with E-state index in [0.29, 0.717) is 24.6 Å². The molecular weight excluding hydrogens is 371 g/mol. The van der Waals surface area contributed by atoms with Crippen LogP contribution < -0.4 is 15.1 Å². The molecule has 2 aromatic rings. The van der Waals surface area contributed by atoms with Gasteiger partial charge in [-0.15, -0.1) is 0 Å². The number of anilines is 3. The number of nitrogens with one attached hydrogen (secondary N) is 1. The first-order chi connectivity index (χ1) is 13.3. The Kier molecular flexibility index (Phi) is 5.71. The van der Waals surface area contributed by atoms with Gasteiger partial charge in [0.15, 0.2) is 0 Å². The van der Waals surface area contributed by atoms with Crippen molar-refractivity contribution in [3.8, 4) is 0 Å². The summed E-state index contributed by atoms with van der Waals surface area (Å²) in [6.45, 7) is 1.16. The van der Waals surface area contributed by atoms with Gasteiger partial charge in [0.1, 0.15) is 0 Å². The Morgan fingerprint density at radius 1 is 1.25 bits per heavy atom.